The lowest BCUT2D eigenvalue weighted by molar-refractivity contribution is 0.561. The van der Waals surface area contributed by atoms with Crippen molar-refractivity contribution in [1.82, 2.24) is 0 Å². The highest BCUT2D eigenvalue weighted by atomic mass is 32.2. The summed E-state index contributed by atoms with van der Waals surface area (Å²) in [6.07, 6.45) is 0. The molecule has 0 atom stereocenters. The molecule has 0 radical (unpaired) electrons. The molecule has 1 heterocycles. The molecule has 24 heavy (non-hydrogen) atoms. The summed E-state index contributed by atoms with van der Waals surface area (Å²) in [5, 5.41) is 9.21. The first-order chi connectivity index (χ1) is 11.4. The number of hydrogen-bond donors (Lipinski definition) is 1. The van der Waals surface area contributed by atoms with E-state index in [2.05, 4.69) is 4.72 Å². The third-order valence-corrected chi connectivity index (χ3v) is 4.64. The fourth-order valence-electron chi connectivity index (χ4n) is 2.13. The summed E-state index contributed by atoms with van der Waals surface area (Å²) in [6, 6.07) is 11.8. The van der Waals surface area contributed by atoms with Crippen molar-refractivity contribution < 1.29 is 17.2 Å². The van der Waals surface area contributed by atoms with Gasteiger partial charge >= 0.3 is 5.63 Å². The summed E-state index contributed by atoms with van der Waals surface area (Å²) in [4.78, 5) is 10.6. The van der Waals surface area contributed by atoms with Crippen molar-refractivity contribution >= 4 is 26.7 Å². The Morgan fingerprint density at radius 3 is 2.58 bits per heavy atom. The van der Waals surface area contributed by atoms with E-state index in [1.165, 1.54) is 36.4 Å². The zero-order valence-electron chi connectivity index (χ0n) is 12.0. The monoisotopic (exact) mass is 344 g/mol. The van der Waals surface area contributed by atoms with Crippen LogP contribution in [0.1, 0.15) is 5.56 Å². The molecular formula is C16H9FN2O4S. The largest absolute Gasteiger partial charge is 0.423 e. The summed E-state index contributed by atoms with van der Waals surface area (Å²) >= 11 is 0. The molecular weight excluding hydrogens is 335 g/mol. The highest BCUT2D eigenvalue weighted by molar-refractivity contribution is 7.92. The van der Waals surface area contributed by atoms with E-state index in [0.29, 0.717) is 11.0 Å². The fraction of sp³-hybridized carbons (Fsp3) is 0. The molecule has 0 aliphatic carbocycles. The van der Waals surface area contributed by atoms with Gasteiger partial charge in [-0.05, 0) is 42.5 Å². The number of benzene rings is 2. The highest BCUT2D eigenvalue weighted by Gasteiger charge is 2.19. The second-order valence-electron chi connectivity index (χ2n) is 4.87. The smallest absolute Gasteiger partial charge is 0.336 e. The lowest BCUT2D eigenvalue weighted by atomic mass is 10.2. The molecule has 3 rings (SSSR count). The Bertz CT molecular complexity index is 1150. The number of nitriles is 1. The maximum absolute atomic E-state index is 13.9. The molecule has 0 aliphatic rings. The summed E-state index contributed by atoms with van der Waals surface area (Å²) in [5.74, 6) is -1.02. The maximum Gasteiger partial charge on any atom is 0.336 e. The average Bonchev–Trinajstić information content (AvgIpc) is 2.54. The first kappa shape index (κ1) is 15.7. The Labute approximate surface area is 135 Å². The van der Waals surface area contributed by atoms with Crippen molar-refractivity contribution in [2.24, 2.45) is 0 Å². The molecule has 3 aromatic rings. The number of nitrogens with one attached hydrogen (secondary N) is 1. The molecule has 8 heteroatoms. The Morgan fingerprint density at radius 2 is 1.88 bits per heavy atom. The molecule has 0 fully saturated rings. The molecule has 0 unspecified atom stereocenters. The number of hydrogen-bond acceptors (Lipinski definition) is 5. The van der Waals surface area contributed by atoms with Crippen LogP contribution in [-0.4, -0.2) is 8.42 Å². The molecule has 0 amide bonds. The fourth-order valence-corrected chi connectivity index (χ4v) is 3.24. The molecule has 6 nitrogen and oxygen atoms in total. The molecule has 0 spiro atoms. The van der Waals surface area contributed by atoms with Crippen LogP contribution >= 0.6 is 0 Å². The maximum atomic E-state index is 13.9. The standard InChI is InChI=1S/C16H9FN2O4S/c17-13-7-10(9-18)1-5-15(13)24(21,22)19-12-3-4-14-11(8-12)2-6-16(20)23-14/h1-8,19H. The molecule has 2 aromatic carbocycles. The molecule has 0 bridgehead atoms. The molecule has 0 saturated heterocycles. The minimum absolute atomic E-state index is 0.0205. The second-order valence-corrected chi connectivity index (χ2v) is 6.52. The summed E-state index contributed by atoms with van der Waals surface area (Å²) < 4.78 is 45.7. The van der Waals surface area contributed by atoms with Crippen molar-refractivity contribution in [3.8, 4) is 6.07 Å². The van der Waals surface area contributed by atoms with Crippen LogP contribution in [0.3, 0.4) is 0 Å². The quantitative estimate of drug-likeness (QED) is 0.736. The van der Waals surface area contributed by atoms with Gasteiger partial charge in [-0.3, -0.25) is 4.72 Å². The van der Waals surface area contributed by atoms with Gasteiger partial charge in [-0.25, -0.2) is 17.6 Å². The molecule has 1 aromatic heterocycles. The summed E-state index contributed by atoms with van der Waals surface area (Å²) in [5.41, 5.74) is -0.0159. The summed E-state index contributed by atoms with van der Waals surface area (Å²) in [7, 11) is -4.17. The van der Waals surface area contributed by atoms with Gasteiger partial charge in [-0.2, -0.15) is 5.26 Å². The van der Waals surface area contributed by atoms with Gasteiger partial charge in [0.2, 0.25) is 0 Å². The van der Waals surface area contributed by atoms with E-state index in [9.17, 15) is 17.6 Å². The minimum Gasteiger partial charge on any atom is -0.423 e. The predicted molar refractivity (Wildman–Crippen MR) is 84.4 cm³/mol. The first-order valence-electron chi connectivity index (χ1n) is 6.65. The third-order valence-electron chi connectivity index (χ3n) is 3.22. The van der Waals surface area contributed by atoms with Gasteiger partial charge in [0.05, 0.1) is 11.6 Å². The molecule has 0 saturated carbocycles. The molecule has 120 valence electrons. The van der Waals surface area contributed by atoms with Gasteiger partial charge in [0.15, 0.2) is 0 Å². The Hall–Kier alpha value is -3.18. The van der Waals surface area contributed by atoms with Crippen LogP contribution in [0.4, 0.5) is 10.1 Å². The van der Waals surface area contributed by atoms with Crippen molar-refractivity contribution in [2.45, 2.75) is 4.90 Å². The van der Waals surface area contributed by atoms with E-state index >= 15 is 0 Å². The van der Waals surface area contributed by atoms with Crippen LogP contribution in [0.2, 0.25) is 0 Å². The number of fused-ring (bicyclic) bond motifs is 1. The van der Waals surface area contributed by atoms with Crippen LogP contribution in [0.25, 0.3) is 11.0 Å². The van der Waals surface area contributed by atoms with Crippen LogP contribution in [-0.2, 0) is 10.0 Å². The van der Waals surface area contributed by atoms with E-state index in [1.54, 1.807) is 6.07 Å². The van der Waals surface area contributed by atoms with Crippen LogP contribution in [0.5, 0.6) is 0 Å². The SMILES string of the molecule is N#Cc1ccc(S(=O)(=O)Nc2ccc3oc(=O)ccc3c2)c(F)c1. The normalized spacial score (nSPS) is 11.2. The molecule has 1 N–H and O–H groups in total. The van der Waals surface area contributed by atoms with Crippen LogP contribution in [0.15, 0.2) is 62.6 Å². The van der Waals surface area contributed by atoms with Gasteiger partial charge in [0.25, 0.3) is 10.0 Å². The van der Waals surface area contributed by atoms with E-state index in [1.807, 2.05) is 0 Å². The zero-order chi connectivity index (χ0) is 17.3. The third kappa shape index (κ3) is 2.98. The highest BCUT2D eigenvalue weighted by Crippen LogP contribution is 2.22. The van der Waals surface area contributed by atoms with Gasteiger partial charge in [0.1, 0.15) is 16.3 Å². The van der Waals surface area contributed by atoms with Gasteiger partial charge < -0.3 is 4.42 Å². The van der Waals surface area contributed by atoms with E-state index < -0.39 is 26.4 Å². The van der Waals surface area contributed by atoms with Crippen LogP contribution < -0.4 is 10.3 Å². The van der Waals surface area contributed by atoms with E-state index in [-0.39, 0.29) is 11.3 Å². The second kappa shape index (κ2) is 5.79. The number of halogens is 1. The Morgan fingerprint density at radius 1 is 1.08 bits per heavy atom. The predicted octanol–water partition coefficient (Wildman–Crippen LogP) is 2.60. The van der Waals surface area contributed by atoms with Crippen molar-refractivity contribution in [3.63, 3.8) is 0 Å². The zero-order valence-corrected chi connectivity index (χ0v) is 12.8. The van der Waals surface area contributed by atoms with Gasteiger partial charge in [-0.15, -0.1) is 0 Å². The van der Waals surface area contributed by atoms with E-state index in [0.717, 1.165) is 12.1 Å². The molecule has 0 aliphatic heterocycles. The van der Waals surface area contributed by atoms with E-state index in [4.69, 9.17) is 9.68 Å². The average molecular weight is 344 g/mol. The number of nitrogens with zero attached hydrogens (tertiary/aromatic N) is 1. The number of rotatable bonds is 3. The van der Waals surface area contributed by atoms with Gasteiger partial charge in [-0.1, -0.05) is 0 Å². The first-order valence-corrected chi connectivity index (χ1v) is 8.14. The van der Waals surface area contributed by atoms with Crippen LogP contribution in [0, 0.1) is 17.1 Å². The Kier molecular flexibility index (Phi) is 3.79. The summed E-state index contributed by atoms with van der Waals surface area (Å²) in [6.45, 7) is 0. The van der Waals surface area contributed by atoms with Crippen molar-refractivity contribution in [3.05, 3.63) is 70.3 Å². The number of anilines is 1. The van der Waals surface area contributed by atoms with Crippen molar-refractivity contribution in [2.75, 3.05) is 4.72 Å². The Balaban J connectivity index is 1.99. The lowest BCUT2D eigenvalue weighted by Gasteiger charge is -2.09. The van der Waals surface area contributed by atoms with Gasteiger partial charge in [0, 0.05) is 17.1 Å². The van der Waals surface area contributed by atoms with Crippen molar-refractivity contribution in [1.29, 1.82) is 5.26 Å². The lowest BCUT2D eigenvalue weighted by Crippen LogP contribution is -2.14. The number of sulfonamides is 1. The minimum atomic E-state index is -4.17. The topological polar surface area (TPSA) is 100 Å².